The van der Waals surface area contributed by atoms with Gasteiger partial charge in [-0.05, 0) is 0 Å². The number of rotatable bonds is 1. The van der Waals surface area contributed by atoms with Crippen molar-refractivity contribution in [2.24, 2.45) is 5.73 Å². The second-order valence-corrected chi connectivity index (χ2v) is 3.10. The summed E-state index contributed by atoms with van der Waals surface area (Å²) >= 11 is 0. The van der Waals surface area contributed by atoms with Gasteiger partial charge in [0.15, 0.2) is 0 Å². The third kappa shape index (κ3) is 1.05. The van der Waals surface area contributed by atoms with Crippen molar-refractivity contribution in [1.82, 2.24) is 0 Å². The highest BCUT2D eigenvalue weighted by molar-refractivity contribution is 5.11. The van der Waals surface area contributed by atoms with E-state index < -0.39 is 36.6 Å². The van der Waals surface area contributed by atoms with Gasteiger partial charge < -0.3 is 31.3 Å². The van der Waals surface area contributed by atoms with Crippen molar-refractivity contribution in [2.75, 3.05) is 6.61 Å². The van der Waals surface area contributed by atoms with Gasteiger partial charge in [0.2, 0.25) is 0 Å². The molecule has 6 heteroatoms. The molecule has 72 valence electrons. The smallest absolute Gasteiger partial charge is 0.134 e. The maximum Gasteiger partial charge on any atom is 0.134 e. The van der Waals surface area contributed by atoms with Crippen LogP contribution in [0.4, 0.5) is 0 Å². The fourth-order valence-electron chi connectivity index (χ4n) is 1.39. The van der Waals surface area contributed by atoms with Gasteiger partial charge in [-0.15, -0.1) is 0 Å². The molecule has 12 heavy (non-hydrogen) atoms. The molecule has 0 heterocycles. The van der Waals surface area contributed by atoms with Gasteiger partial charge in [-0.1, -0.05) is 0 Å². The van der Waals surface area contributed by atoms with E-state index in [0.29, 0.717) is 0 Å². The molecular formula is C6H13NO5. The van der Waals surface area contributed by atoms with Gasteiger partial charge in [-0.3, -0.25) is 0 Å². The average Bonchev–Trinajstić information content (AvgIpc) is 2.22. The number of aliphatic hydroxyl groups excluding tert-OH is 4. The second kappa shape index (κ2) is 2.91. The van der Waals surface area contributed by atoms with Crippen molar-refractivity contribution < 1.29 is 25.5 Å². The Morgan fingerprint density at radius 3 is 1.83 bits per heavy atom. The summed E-state index contributed by atoms with van der Waals surface area (Å²) in [7, 11) is 0. The van der Waals surface area contributed by atoms with E-state index in [0.717, 1.165) is 0 Å². The van der Waals surface area contributed by atoms with Gasteiger partial charge in [0.1, 0.15) is 23.9 Å². The Morgan fingerprint density at radius 1 is 1.17 bits per heavy atom. The number of hydrogen-bond acceptors (Lipinski definition) is 6. The molecule has 1 aliphatic rings. The van der Waals surface area contributed by atoms with E-state index in [1.807, 2.05) is 0 Å². The molecule has 1 saturated carbocycles. The van der Waals surface area contributed by atoms with Crippen molar-refractivity contribution in [3.05, 3.63) is 0 Å². The minimum atomic E-state index is -2.02. The highest BCUT2D eigenvalue weighted by atomic mass is 16.4. The normalized spacial score (nSPS) is 54.5. The van der Waals surface area contributed by atoms with E-state index in [9.17, 15) is 5.11 Å². The summed E-state index contributed by atoms with van der Waals surface area (Å²) in [5.41, 5.74) is 3.25. The van der Waals surface area contributed by atoms with Crippen LogP contribution >= 0.6 is 0 Å². The summed E-state index contributed by atoms with van der Waals surface area (Å²) in [5.74, 6) is 0. The molecule has 0 aliphatic heterocycles. The highest BCUT2D eigenvalue weighted by Crippen LogP contribution is 2.29. The van der Waals surface area contributed by atoms with Gasteiger partial charge >= 0.3 is 0 Å². The van der Waals surface area contributed by atoms with E-state index in [4.69, 9.17) is 26.2 Å². The van der Waals surface area contributed by atoms with Crippen LogP contribution in [0.2, 0.25) is 0 Å². The van der Waals surface area contributed by atoms with Crippen LogP contribution < -0.4 is 5.73 Å². The van der Waals surface area contributed by atoms with Crippen LogP contribution in [-0.2, 0) is 0 Å². The van der Waals surface area contributed by atoms with Crippen molar-refractivity contribution in [3.63, 3.8) is 0 Å². The van der Waals surface area contributed by atoms with Gasteiger partial charge in [-0.2, -0.15) is 0 Å². The molecule has 1 aliphatic carbocycles. The number of aliphatic hydroxyl groups is 5. The SMILES string of the molecule is N[C@@H]1[C@H](O)[C@H](O)[C@H](O)[C@@]1(O)CO. The summed E-state index contributed by atoms with van der Waals surface area (Å²) in [6, 6.07) is -1.24. The minimum absolute atomic E-state index is 0.802. The lowest BCUT2D eigenvalue weighted by atomic mass is 9.97. The van der Waals surface area contributed by atoms with Crippen molar-refractivity contribution in [1.29, 1.82) is 0 Å². The summed E-state index contributed by atoms with van der Waals surface area (Å²) in [4.78, 5) is 0. The Morgan fingerprint density at radius 2 is 1.67 bits per heavy atom. The highest BCUT2D eigenvalue weighted by Gasteiger charge is 2.57. The first-order valence-electron chi connectivity index (χ1n) is 3.58. The molecule has 6 nitrogen and oxygen atoms in total. The Bertz CT molecular complexity index is 161. The fourth-order valence-corrected chi connectivity index (χ4v) is 1.39. The first-order chi connectivity index (χ1) is 5.45. The van der Waals surface area contributed by atoms with Crippen LogP contribution in [0.15, 0.2) is 0 Å². The summed E-state index contributed by atoms with van der Waals surface area (Å²) < 4.78 is 0. The van der Waals surface area contributed by atoms with Crippen molar-refractivity contribution in [2.45, 2.75) is 30.0 Å². The van der Waals surface area contributed by atoms with Gasteiger partial charge in [0.05, 0.1) is 12.6 Å². The molecule has 0 spiro atoms. The zero-order chi connectivity index (χ0) is 9.52. The topological polar surface area (TPSA) is 127 Å². The lowest BCUT2D eigenvalue weighted by Gasteiger charge is -2.28. The molecule has 0 radical (unpaired) electrons. The van der Waals surface area contributed by atoms with Crippen LogP contribution in [0.3, 0.4) is 0 Å². The first-order valence-corrected chi connectivity index (χ1v) is 3.58. The van der Waals surface area contributed by atoms with Crippen molar-refractivity contribution in [3.8, 4) is 0 Å². The molecule has 1 fully saturated rings. The molecule has 0 aromatic carbocycles. The Balaban J connectivity index is 2.90. The van der Waals surface area contributed by atoms with E-state index in [2.05, 4.69) is 0 Å². The molecule has 0 amide bonds. The molecular weight excluding hydrogens is 166 g/mol. The second-order valence-electron chi connectivity index (χ2n) is 3.10. The van der Waals surface area contributed by atoms with E-state index >= 15 is 0 Å². The Hall–Kier alpha value is -0.240. The monoisotopic (exact) mass is 179 g/mol. The number of hydrogen-bond donors (Lipinski definition) is 6. The predicted octanol–water partition coefficient (Wildman–Crippen LogP) is -3.87. The molecule has 0 aromatic rings. The summed E-state index contributed by atoms with van der Waals surface area (Å²) in [6.45, 7) is -0.802. The molecule has 7 N–H and O–H groups in total. The molecule has 0 bridgehead atoms. The average molecular weight is 179 g/mol. The number of nitrogens with two attached hydrogens (primary N) is 1. The quantitative estimate of drug-likeness (QED) is 0.244. The largest absolute Gasteiger partial charge is 0.393 e. The minimum Gasteiger partial charge on any atom is -0.393 e. The van der Waals surface area contributed by atoms with Crippen LogP contribution in [0.25, 0.3) is 0 Å². The van der Waals surface area contributed by atoms with Gasteiger partial charge in [-0.25, -0.2) is 0 Å². The molecule has 1 rings (SSSR count). The lowest BCUT2D eigenvalue weighted by Crippen LogP contribution is -2.55. The zero-order valence-electron chi connectivity index (χ0n) is 6.33. The van der Waals surface area contributed by atoms with Crippen LogP contribution in [0, 0.1) is 0 Å². The lowest BCUT2D eigenvalue weighted by molar-refractivity contribution is -0.116. The standard InChI is InChI=1S/C6H13NO5/c7-4-2(9)3(10)5(11)6(4,12)1-8/h2-5,8-12H,1,7H2/t2-,3+,4-,5+,6-/m1/s1. The van der Waals surface area contributed by atoms with Crippen LogP contribution in [-0.4, -0.2) is 62.1 Å². The first kappa shape index (κ1) is 9.85. The molecule has 0 unspecified atom stereocenters. The van der Waals surface area contributed by atoms with Gasteiger partial charge in [0, 0.05) is 0 Å². The van der Waals surface area contributed by atoms with Gasteiger partial charge in [0.25, 0.3) is 0 Å². The predicted molar refractivity (Wildman–Crippen MR) is 38.0 cm³/mol. The third-order valence-electron chi connectivity index (χ3n) is 2.38. The van der Waals surface area contributed by atoms with Crippen molar-refractivity contribution >= 4 is 0 Å². The summed E-state index contributed by atoms with van der Waals surface area (Å²) in [5, 5.41) is 45.4. The molecule has 0 aromatic heterocycles. The zero-order valence-corrected chi connectivity index (χ0v) is 6.33. The van der Waals surface area contributed by atoms with E-state index in [1.54, 1.807) is 0 Å². The molecule has 5 atom stereocenters. The van der Waals surface area contributed by atoms with Crippen LogP contribution in [0.5, 0.6) is 0 Å². The Labute approximate surface area is 68.9 Å². The van der Waals surface area contributed by atoms with E-state index in [-0.39, 0.29) is 0 Å². The maximum absolute atomic E-state index is 9.43. The fraction of sp³-hybridized carbons (Fsp3) is 1.00. The van der Waals surface area contributed by atoms with E-state index in [1.165, 1.54) is 0 Å². The maximum atomic E-state index is 9.43. The Kier molecular flexibility index (Phi) is 2.39. The van der Waals surface area contributed by atoms with Crippen LogP contribution in [0.1, 0.15) is 0 Å². The third-order valence-corrected chi connectivity index (χ3v) is 2.38. The summed E-state index contributed by atoms with van der Waals surface area (Å²) in [6.07, 6.45) is -4.55. The molecule has 0 saturated heterocycles.